The van der Waals surface area contributed by atoms with Crippen molar-refractivity contribution in [1.82, 2.24) is 9.88 Å². The topological polar surface area (TPSA) is 64.2 Å². The lowest BCUT2D eigenvalue weighted by molar-refractivity contribution is -0.121. The Labute approximate surface area is 166 Å². The van der Waals surface area contributed by atoms with Gasteiger partial charge in [0.15, 0.2) is 5.43 Å². The number of hydrogen-bond acceptors (Lipinski definition) is 3. The van der Waals surface area contributed by atoms with Crippen LogP contribution in [0.25, 0.3) is 22.2 Å². The van der Waals surface area contributed by atoms with E-state index in [1.165, 1.54) is 6.07 Å². The molecule has 0 saturated carbocycles. The summed E-state index contributed by atoms with van der Waals surface area (Å²) in [6, 6.07) is 19.8. The average Bonchev–Trinajstić information content (AvgIpc) is 3.18. The number of halogens is 1. The first-order valence-corrected chi connectivity index (χ1v) is 9.17. The van der Waals surface area contributed by atoms with E-state index in [2.05, 4.69) is 5.32 Å². The van der Waals surface area contributed by atoms with Crippen LogP contribution in [0.1, 0.15) is 5.76 Å². The molecule has 28 heavy (non-hydrogen) atoms. The maximum absolute atomic E-state index is 12.4. The van der Waals surface area contributed by atoms with E-state index in [1.54, 1.807) is 29.0 Å². The number of rotatable bonds is 5. The normalized spacial score (nSPS) is 10.9. The van der Waals surface area contributed by atoms with E-state index >= 15 is 0 Å². The lowest BCUT2D eigenvalue weighted by atomic mass is 10.2. The zero-order valence-corrected chi connectivity index (χ0v) is 15.6. The summed E-state index contributed by atoms with van der Waals surface area (Å²) in [5.74, 6) is 1.20. The maximum Gasteiger partial charge on any atom is 0.240 e. The van der Waals surface area contributed by atoms with Gasteiger partial charge in [-0.15, -0.1) is 0 Å². The average molecular weight is 393 g/mol. The van der Waals surface area contributed by atoms with Crippen molar-refractivity contribution < 1.29 is 9.21 Å². The second-order valence-electron chi connectivity index (χ2n) is 6.37. The number of carbonyl (C=O) groups is 1. The van der Waals surface area contributed by atoms with Crippen molar-refractivity contribution in [2.24, 2.45) is 0 Å². The van der Waals surface area contributed by atoms with Gasteiger partial charge in [-0.2, -0.15) is 0 Å². The largest absolute Gasteiger partial charge is 0.459 e. The van der Waals surface area contributed by atoms with E-state index in [-0.39, 0.29) is 24.4 Å². The molecule has 5 nitrogen and oxygen atoms in total. The summed E-state index contributed by atoms with van der Waals surface area (Å²) in [6.07, 6.45) is 1.63. The van der Waals surface area contributed by atoms with Gasteiger partial charge in [0.1, 0.15) is 18.1 Å². The van der Waals surface area contributed by atoms with E-state index in [1.807, 2.05) is 42.5 Å². The minimum Gasteiger partial charge on any atom is -0.459 e. The van der Waals surface area contributed by atoms with Crippen LogP contribution in [-0.2, 0) is 17.9 Å². The van der Waals surface area contributed by atoms with Crippen LogP contribution in [0.2, 0.25) is 5.02 Å². The zero-order valence-electron chi connectivity index (χ0n) is 14.9. The number of nitrogens with one attached hydrogen (secondary N) is 1. The van der Waals surface area contributed by atoms with Gasteiger partial charge in [0.05, 0.1) is 12.1 Å². The van der Waals surface area contributed by atoms with Gasteiger partial charge in [-0.3, -0.25) is 9.59 Å². The molecule has 2 heterocycles. The van der Waals surface area contributed by atoms with Crippen LogP contribution < -0.4 is 10.7 Å². The third-order valence-electron chi connectivity index (χ3n) is 4.45. The Hall–Kier alpha value is -3.31. The van der Waals surface area contributed by atoms with Crippen molar-refractivity contribution in [3.05, 3.63) is 93.9 Å². The van der Waals surface area contributed by atoms with Crippen LogP contribution in [-0.4, -0.2) is 10.5 Å². The molecule has 1 N–H and O–H groups in total. The minimum atomic E-state index is -0.168. The lowest BCUT2D eigenvalue weighted by Crippen LogP contribution is -2.27. The van der Waals surface area contributed by atoms with Gasteiger partial charge in [0, 0.05) is 28.2 Å². The number of aromatic nitrogens is 1. The smallest absolute Gasteiger partial charge is 0.240 e. The number of nitrogens with zero attached hydrogens (tertiary/aromatic N) is 1. The van der Waals surface area contributed by atoms with Crippen molar-refractivity contribution in [1.29, 1.82) is 0 Å². The molecule has 0 unspecified atom stereocenters. The van der Waals surface area contributed by atoms with Crippen molar-refractivity contribution in [2.75, 3.05) is 0 Å². The second kappa shape index (κ2) is 7.74. The lowest BCUT2D eigenvalue weighted by Gasteiger charge is -2.10. The zero-order chi connectivity index (χ0) is 19.5. The maximum atomic E-state index is 12.4. The first-order valence-electron chi connectivity index (χ1n) is 8.80. The highest BCUT2D eigenvalue weighted by atomic mass is 35.5. The first-order chi connectivity index (χ1) is 13.6. The number of amides is 1. The Bertz CT molecular complexity index is 1190. The minimum absolute atomic E-state index is 0.0578. The number of benzene rings is 2. The Morgan fingerprint density at radius 2 is 1.79 bits per heavy atom. The van der Waals surface area contributed by atoms with Crippen LogP contribution >= 0.6 is 11.6 Å². The van der Waals surface area contributed by atoms with E-state index in [0.717, 1.165) is 11.1 Å². The molecule has 4 rings (SSSR count). The molecule has 2 aromatic carbocycles. The van der Waals surface area contributed by atoms with Gasteiger partial charge >= 0.3 is 0 Å². The van der Waals surface area contributed by atoms with Gasteiger partial charge in [0.25, 0.3) is 0 Å². The molecule has 4 aromatic rings. The molecule has 0 aliphatic heterocycles. The van der Waals surface area contributed by atoms with Crippen LogP contribution in [0.3, 0.4) is 0 Å². The van der Waals surface area contributed by atoms with Crippen LogP contribution in [0, 0.1) is 0 Å². The molecule has 2 aromatic heterocycles. The Kier molecular flexibility index (Phi) is 5.00. The summed E-state index contributed by atoms with van der Waals surface area (Å²) >= 11 is 5.90. The monoisotopic (exact) mass is 392 g/mol. The van der Waals surface area contributed by atoms with Gasteiger partial charge in [-0.05, 0) is 48.5 Å². The van der Waals surface area contributed by atoms with Crippen LogP contribution in [0.4, 0.5) is 0 Å². The highest BCUT2D eigenvalue weighted by Gasteiger charge is 2.09. The number of hydrogen-bond donors (Lipinski definition) is 1. The van der Waals surface area contributed by atoms with Crippen molar-refractivity contribution >= 4 is 28.4 Å². The summed E-state index contributed by atoms with van der Waals surface area (Å²) in [5.41, 5.74) is 1.59. The van der Waals surface area contributed by atoms with Gasteiger partial charge in [0.2, 0.25) is 5.91 Å². The molecule has 0 bridgehead atoms. The van der Waals surface area contributed by atoms with Gasteiger partial charge < -0.3 is 14.3 Å². The predicted molar refractivity (Wildman–Crippen MR) is 109 cm³/mol. The third-order valence-corrected chi connectivity index (χ3v) is 4.70. The number of furan rings is 1. The standard InChI is InChI=1S/C22H17ClN2O3/c23-16-7-5-15(6-8-16)21-10-9-17(28-21)13-24-22(27)14-25-12-11-20(26)18-3-1-2-4-19(18)25/h1-12H,13-14H2,(H,24,27). The SMILES string of the molecule is O=C(Cn1ccc(=O)c2ccccc21)NCc1ccc(-c2ccc(Cl)cc2)o1. The Morgan fingerprint density at radius 1 is 1.00 bits per heavy atom. The molecular formula is C22H17ClN2O3. The third kappa shape index (κ3) is 3.85. The van der Waals surface area contributed by atoms with E-state index in [4.69, 9.17) is 16.0 Å². The fraction of sp³-hybridized carbons (Fsp3) is 0.0909. The Balaban J connectivity index is 1.42. The van der Waals surface area contributed by atoms with E-state index in [9.17, 15) is 9.59 Å². The number of pyridine rings is 1. The number of fused-ring (bicyclic) bond motifs is 1. The molecule has 0 atom stereocenters. The summed E-state index contributed by atoms with van der Waals surface area (Å²) in [7, 11) is 0. The number of para-hydroxylation sites is 1. The number of carbonyl (C=O) groups excluding carboxylic acids is 1. The Morgan fingerprint density at radius 3 is 2.61 bits per heavy atom. The van der Waals surface area contributed by atoms with E-state index < -0.39 is 0 Å². The predicted octanol–water partition coefficient (Wildman–Crippen LogP) is 4.23. The molecule has 0 aliphatic carbocycles. The second-order valence-corrected chi connectivity index (χ2v) is 6.81. The van der Waals surface area contributed by atoms with Crippen LogP contribution in [0.5, 0.6) is 0 Å². The molecule has 0 fully saturated rings. The molecule has 0 saturated heterocycles. The molecule has 0 spiro atoms. The quantitative estimate of drug-likeness (QED) is 0.552. The molecule has 0 radical (unpaired) electrons. The molecule has 6 heteroatoms. The van der Waals surface area contributed by atoms with Crippen molar-refractivity contribution in [2.45, 2.75) is 13.1 Å². The molecular weight excluding hydrogens is 376 g/mol. The fourth-order valence-electron chi connectivity index (χ4n) is 3.04. The van der Waals surface area contributed by atoms with Gasteiger partial charge in [-0.25, -0.2) is 0 Å². The first kappa shape index (κ1) is 18.1. The summed E-state index contributed by atoms with van der Waals surface area (Å²) in [6.45, 7) is 0.399. The molecule has 0 aliphatic rings. The van der Waals surface area contributed by atoms with Crippen molar-refractivity contribution in [3.8, 4) is 11.3 Å². The summed E-state index contributed by atoms with van der Waals surface area (Å²) in [5, 5.41) is 4.11. The van der Waals surface area contributed by atoms with Crippen molar-refractivity contribution in [3.63, 3.8) is 0 Å². The highest BCUT2D eigenvalue weighted by Crippen LogP contribution is 2.23. The molecule has 1 amide bonds. The van der Waals surface area contributed by atoms with Crippen LogP contribution in [0.15, 0.2) is 82.1 Å². The summed E-state index contributed by atoms with van der Waals surface area (Å²) in [4.78, 5) is 24.3. The van der Waals surface area contributed by atoms with E-state index in [0.29, 0.717) is 21.9 Å². The van der Waals surface area contributed by atoms with Gasteiger partial charge in [-0.1, -0.05) is 23.7 Å². The fourth-order valence-corrected chi connectivity index (χ4v) is 3.16. The highest BCUT2D eigenvalue weighted by molar-refractivity contribution is 6.30. The molecule has 140 valence electrons. The summed E-state index contributed by atoms with van der Waals surface area (Å²) < 4.78 is 7.55.